The zero-order chi connectivity index (χ0) is 21.6. The van der Waals surface area contributed by atoms with E-state index in [0.717, 1.165) is 23.4 Å². The molecule has 0 aliphatic heterocycles. The molecular formula is C22H32N4O3. The number of alkyl carbamates (subject to hydrolysis) is 1. The Morgan fingerprint density at radius 2 is 1.93 bits per heavy atom. The number of ether oxygens (including phenoxy) is 1. The largest absolute Gasteiger partial charge is 0.444 e. The average molecular weight is 401 g/mol. The van der Waals surface area contributed by atoms with Crippen molar-refractivity contribution in [1.82, 2.24) is 15.1 Å². The zero-order valence-electron chi connectivity index (χ0n) is 18.2. The van der Waals surface area contributed by atoms with Crippen molar-refractivity contribution < 1.29 is 14.3 Å². The van der Waals surface area contributed by atoms with E-state index in [4.69, 9.17) is 4.74 Å². The van der Waals surface area contributed by atoms with E-state index < -0.39 is 17.7 Å². The van der Waals surface area contributed by atoms with E-state index >= 15 is 0 Å². The van der Waals surface area contributed by atoms with Crippen LogP contribution in [0.5, 0.6) is 0 Å². The molecule has 0 radical (unpaired) electrons. The van der Waals surface area contributed by atoms with E-state index in [9.17, 15) is 9.59 Å². The predicted octanol–water partition coefficient (Wildman–Crippen LogP) is 4.18. The molecule has 29 heavy (non-hydrogen) atoms. The first-order valence-corrected chi connectivity index (χ1v) is 9.97. The van der Waals surface area contributed by atoms with Gasteiger partial charge in [0.1, 0.15) is 11.6 Å². The van der Waals surface area contributed by atoms with Crippen LogP contribution in [0.15, 0.2) is 30.3 Å². The lowest BCUT2D eigenvalue weighted by atomic mass is 10.1. The quantitative estimate of drug-likeness (QED) is 0.730. The van der Waals surface area contributed by atoms with Gasteiger partial charge in [0.2, 0.25) is 5.91 Å². The Kier molecular flexibility index (Phi) is 7.42. The Balaban J connectivity index is 2.05. The summed E-state index contributed by atoms with van der Waals surface area (Å²) in [5.74, 6) is -0.263. The third-order valence-corrected chi connectivity index (χ3v) is 4.22. The first kappa shape index (κ1) is 22.5. The van der Waals surface area contributed by atoms with E-state index in [2.05, 4.69) is 15.7 Å². The number of carbonyl (C=O) groups is 2. The number of carbonyl (C=O) groups excluding carboxylic acids is 2. The Morgan fingerprint density at radius 3 is 2.52 bits per heavy atom. The van der Waals surface area contributed by atoms with E-state index in [-0.39, 0.29) is 5.91 Å². The first-order valence-electron chi connectivity index (χ1n) is 9.97. The van der Waals surface area contributed by atoms with Crippen molar-refractivity contribution in [3.8, 4) is 0 Å². The molecule has 0 bridgehead atoms. The summed E-state index contributed by atoms with van der Waals surface area (Å²) < 4.78 is 7.20. The summed E-state index contributed by atoms with van der Waals surface area (Å²) in [6, 6.07) is 9.02. The van der Waals surface area contributed by atoms with Crippen LogP contribution in [-0.4, -0.2) is 33.4 Å². The molecule has 1 unspecified atom stereocenters. The molecule has 0 saturated heterocycles. The van der Waals surface area contributed by atoms with Gasteiger partial charge >= 0.3 is 6.09 Å². The third kappa shape index (κ3) is 7.25. The van der Waals surface area contributed by atoms with Gasteiger partial charge in [-0.3, -0.25) is 9.48 Å². The number of hydrogen-bond acceptors (Lipinski definition) is 4. The van der Waals surface area contributed by atoms with Gasteiger partial charge in [-0.15, -0.1) is 0 Å². The summed E-state index contributed by atoms with van der Waals surface area (Å²) in [6.07, 6.45) is 0.687. The maximum Gasteiger partial charge on any atom is 0.408 e. The fourth-order valence-corrected chi connectivity index (χ4v) is 2.99. The van der Waals surface area contributed by atoms with Crippen molar-refractivity contribution in [2.45, 2.75) is 72.6 Å². The van der Waals surface area contributed by atoms with Crippen LogP contribution in [0.2, 0.25) is 0 Å². The molecule has 0 fully saturated rings. The molecule has 1 atom stereocenters. The Bertz CT molecular complexity index is 852. The van der Waals surface area contributed by atoms with E-state index in [1.807, 2.05) is 55.8 Å². The third-order valence-electron chi connectivity index (χ3n) is 4.22. The molecule has 7 heteroatoms. The van der Waals surface area contributed by atoms with Gasteiger partial charge in [0, 0.05) is 11.4 Å². The number of amides is 2. The van der Waals surface area contributed by atoms with Crippen LogP contribution in [0.1, 0.15) is 57.5 Å². The second-order valence-corrected chi connectivity index (χ2v) is 8.26. The van der Waals surface area contributed by atoms with Crippen LogP contribution < -0.4 is 10.6 Å². The number of aryl methyl sites for hydroxylation is 2. The van der Waals surface area contributed by atoms with E-state index in [1.54, 1.807) is 20.8 Å². The topological polar surface area (TPSA) is 85.2 Å². The van der Waals surface area contributed by atoms with Gasteiger partial charge in [-0.2, -0.15) is 5.10 Å². The second-order valence-electron chi connectivity index (χ2n) is 8.26. The summed E-state index contributed by atoms with van der Waals surface area (Å²) in [5.41, 5.74) is 3.15. The van der Waals surface area contributed by atoms with Crippen molar-refractivity contribution in [2.75, 3.05) is 5.32 Å². The number of benzene rings is 1. The summed E-state index contributed by atoms with van der Waals surface area (Å²) in [4.78, 5) is 24.8. The van der Waals surface area contributed by atoms with Gasteiger partial charge in [0.15, 0.2) is 0 Å². The van der Waals surface area contributed by atoms with Crippen LogP contribution in [0.25, 0.3) is 0 Å². The molecule has 158 valence electrons. The van der Waals surface area contributed by atoms with Crippen molar-refractivity contribution in [3.05, 3.63) is 47.3 Å². The SMILES string of the molecule is CCCC(NC(=O)OC(C)(C)C)C(=O)Nc1cccc(Cn2nc(C)cc2C)c1. The minimum absolute atomic E-state index is 0.263. The molecule has 1 heterocycles. The Hall–Kier alpha value is -2.83. The molecule has 0 aliphatic rings. The molecule has 7 nitrogen and oxygen atoms in total. The highest BCUT2D eigenvalue weighted by atomic mass is 16.6. The van der Waals surface area contributed by atoms with E-state index in [1.165, 1.54) is 0 Å². The average Bonchev–Trinajstić information content (AvgIpc) is 2.90. The Labute approximate surface area is 172 Å². The summed E-state index contributed by atoms with van der Waals surface area (Å²) >= 11 is 0. The van der Waals surface area contributed by atoms with Crippen molar-refractivity contribution in [1.29, 1.82) is 0 Å². The minimum atomic E-state index is -0.658. The minimum Gasteiger partial charge on any atom is -0.444 e. The fraction of sp³-hybridized carbons (Fsp3) is 0.500. The van der Waals surface area contributed by atoms with Gasteiger partial charge in [-0.05, 0) is 64.8 Å². The lowest BCUT2D eigenvalue weighted by Crippen LogP contribution is -2.45. The molecule has 0 aliphatic carbocycles. The van der Waals surface area contributed by atoms with Crippen LogP contribution in [0, 0.1) is 13.8 Å². The van der Waals surface area contributed by atoms with Gasteiger partial charge in [0.05, 0.1) is 12.2 Å². The second kappa shape index (κ2) is 9.58. The number of hydrogen-bond donors (Lipinski definition) is 2. The number of anilines is 1. The van der Waals surface area contributed by atoms with E-state index in [0.29, 0.717) is 18.7 Å². The predicted molar refractivity (Wildman–Crippen MR) is 114 cm³/mol. The molecule has 2 aromatic rings. The number of rotatable bonds is 7. The fourth-order valence-electron chi connectivity index (χ4n) is 2.99. The number of nitrogens with zero attached hydrogens (tertiary/aromatic N) is 2. The summed E-state index contributed by atoms with van der Waals surface area (Å²) in [6.45, 7) is 11.9. The van der Waals surface area contributed by atoms with Crippen LogP contribution in [0.4, 0.5) is 10.5 Å². The zero-order valence-corrected chi connectivity index (χ0v) is 18.2. The highest BCUT2D eigenvalue weighted by Crippen LogP contribution is 2.15. The monoisotopic (exact) mass is 400 g/mol. The lowest BCUT2D eigenvalue weighted by Gasteiger charge is -2.23. The lowest BCUT2D eigenvalue weighted by molar-refractivity contribution is -0.118. The van der Waals surface area contributed by atoms with Crippen LogP contribution in [-0.2, 0) is 16.1 Å². The molecule has 2 rings (SSSR count). The normalized spacial score (nSPS) is 12.3. The van der Waals surface area contributed by atoms with Crippen LogP contribution >= 0.6 is 0 Å². The highest BCUT2D eigenvalue weighted by molar-refractivity contribution is 5.96. The Morgan fingerprint density at radius 1 is 1.21 bits per heavy atom. The highest BCUT2D eigenvalue weighted by Gasteiger charge is 2.23. The number of aromatic nitrogens is 2. The summed E-state index contributed by atoms with van der Waals surface area (Å²) in [5, 5.41) is 10.1. The molecule has 1 aromatic heterocycles. The van der Waals surface area contributed by atoms with Crippen molar-refractivity contribution in [3.63, 3.8) is 0 Å². The van der Waals surface area contributed by atoms with Gasteiger partial charge in [-0.25, -0.2) is 4.79 Å². The molecular weight excluding hydrogens is 368 g/mol. The molecule has 2 amide bonds. The standard InChI is InChI=1S/C22H32N4O3/c1-7-9-19(24-21(28)29-22(4,5)6)20(27)23-18-11-8-10-17(13-18)14-26-16(3)12-15(2)25-26/h8,10-13,19H,7,9,14H2,1-6H3,(H,23,27)(H,24,28). The van der Waals surface area contributed by atoms with Gasteiger partial charge < -0.3 is 15.4 Å². The molecule has 0 saturated carbocycles. The van der Waals surface area contributed by atoms with Gasteiger partial charge in [0.25, 0.3) is 0 Å². The van der Waals surface area contributed by atoms with Gasteiger partial charge in [-0.1, -0.05) is 25.5 Å². The van der Waals surface area contributed by atoms with Crippen molar-refractivity contribution in [2.24, 2.45) is 0 Å². The van der Waals surface area contributed by atoms with Crippen molar-refractivity contribution >= 4 is 17.7 Å². The molecule has 0 spiro atoms. The van der Waals surface area contributed by atoms with Crippen LogP contribution in [0.3, 0.4) is 0 Å². The maximum atomic E-state index is 12.7. The maximum absolute atomic E-state index is 12.7. The smallest absolute Gasteiger partial charge is 0.408 e. The number of nitrogens with one attached hydrogen (secondary N) is 2. The summed E-state index contributed by atoms with van der Waals surface area (Å²) in [7, 11) is 0. The molecule has 2 N–H and O–H groups in total. The first-order chi connectivity index (χ1) is 13.6. The molecule has 1 aromatic carbocycles.